The van der Waals surface area contributed by atoms with Gasteiger partial charge in [-0.2, -0.15) is 11.8 Å². The van der Waals surface area contributed by atoms with Crippen LogP contribution in [0.15, 0.2) is 4.99 Å². The molecule has 2 rings (SSSR count). The van der Waals surface area contributed by atoms with Gasteiger partial charge < -0.3 is 70.4 Å². The minimum Gasteiger partial charge on any atom is -0.370 e. The van der Waals surface area contributed by atoms with Crippen molar-refractivity contribution in [2.75, 3.05) is 49.7 Å². The third kappa shape index (κ3) is 21.1. The summed E-state index contributed by atoms with van der Waals surface area (Å²) in [6.07, 6.45) is 3.09. The van der Waals surface area contributed by atoms with Crippen molar-refractivity contribution >= 4 is 98.5 Å². The number of carbonyl (C=O) groups excluding carboxylic acids is 10. The highest BCUT2D eigenvalue weighted by atomic mass is 33.1. The number of thioether (sulfide) groups is 1. The molecule has 0 aromatic rings. The molecule has 2 aliphatic heterocycles. The first-order valence-electron chi connectivity index (χ1n) is 21.2. The maximum atomic E-state index is 14.2. The van der Waals surface area contributed by atoms with Crippen LogP contribution in [0.2, 0.25) is 0 Å². The number of rotatable bonds is 15. The molecular formula is C38H66N14O10S3. The Labute approximate surface area is 390 Å². The van der Waals surface area contributed by atoms with Crippen LogP contribution in [0.4, 0.5) is 4.79 Å². The molecule has 0 bridgehead atoms. The van der Waals surface area contributed by atoms with Crippen LogP contribution >= 0.6 is 33.3 Å². The number of aliphatic imine (C=N–C) groups is 1. The molecule has 0 aromatic carbocycles. The van der Waals surface area contributed by atoms with Gasteiger partial charge in [-0.25, -0.2) is 4.79 Å². The third-order valence-corrected chi connectivity index (χ3v) is 13.0. The molecule has 366 valence electrons. The predicted molar refractivity (Wildman–Crippen MR) is 248 cm³/mol. The summed E-state index contributed by atoms with van der Waals surface area (Å²) in [6.45, 7) is 4.51. The van der Waals surface area contributed by atoms with Crippen LogP contribution in [-0.4, -0.2) is 162 Å². The lowest BCUT2D eigenvalue weighted by Crippen LogP contribution is -2.60. The van der Waals surface area contributed by atoms with Crippen LogP contribution in [0.1, 0.15) is 72.1 Å². The maximum Gasteiger partial charge on any atom is 0.312 e. The average molecular weight is 975 g/mol. The average Bonchev–Trinajstić information content (AvgIpc) is 3.73. The smallest absolute Gasteiger partial charge is 0.312 e. The molecule has 2 aliphatic rings. The lowest BCUT2D eigenvalue weighted by molar-refractivity contribution is -0.142. The van der Waals surface area contributed by atoms with E-state index >= 15 is 0 Å². The van der Waals surface area contributed by atoms with Crippen LogP contribution in [0.25, 0.3) is 0 Å². The lowest BCUT2D eigenvalue weighted by atomic mass is 10.0. The Morgan fingerprint density at radius 2 is 1.42 bits per heavy atom. The van der Waals surface area contributed by atoms with Crippen LogP contribution in [0.5, 0.6) is 0 Å². The molecule has 2 saturated heterocycles. The molecule has 65 heavy (non-hydrogen) atoms. The van der Waals surface area contributed by atoms with E-state index in [2.05, 4.69) is 47.5 Å². The van der Waals surface area contributed by atoms with E-state index in [-0.39, 0.29) is 88.0 Å². The van der Waals surface area contributed by atoms with Gasteiger partial charge >= 0.3 is 6.03 Å². The topological polar surface area (TPSA) is 387 Å². The molecule has 24 nitrogen and oxygen atoms in total. The summed E-state index contributed by atoms with van der Waals surface area (Å²) in [4.78, 5) is 138. The number of amides is 11. The van der Waals surface area contributed by atoms with Gasteiger partial charge in [0.2, 0.25) is 53.2 Å². The Bertz CT molecular complexity index is 1720. The van der Waals surface area contributed by atoms with E-state index in [0.717, 1.165) is 21.6 Å². The summed E-state index contributed by atoms with van der Waals surface area (Å²) in [7, 11) is 2.16. The maximum absolute atomic E-state index is 14.2. The van der Waals surface area contributed by atoms with E-state index in [1.165, 1.54) is 23.6 Å². The summed E-state index contributed by atoms with van der Waals surface area (Å²) in [5.74, 6) is -6.42. The highest BCUT2D eigenvalue weighted by molar-refractivity contribution is 8.76. The monoisotopic (exact) mass is 974 g/mol. The zero-order valence-electron chi connectivity index (χ0n) is 37.2. The molecule has 0 radical (unpaired) electrons. The van der Waals surface area contributed by atoms with E-state index in [1.54, 1.807) is 13.8 Å². The number of primary amides is 2. The zero-order chi connectivity index (χ0) is 48.6. The van der Waals surface area contributed by atoms with Gasteiger partial charge in [0.1, 0.15) is 42.3 Å². The second-order valence-electron chi connectivity index (χ2n) is 15.8. The van der Waals surface area contributed by atoms with Gasteiger partial charge in [-0.3, -0.25) is 48.1 Å². The Kier molecular flexibility index (Phi) is 25.3. The molecule has 7 atom stereocenters. The SMILES string of the molecule is CSCC[C@@H]1NC(=O)[C@H](NC(C)=O)CSSC[C@@H](C(N)=O)NC(=O)CNC(=O)[C@H](CCCN=C(N)N)NC(=O)[C@H](CC(C)C)NC(=O)[C@H](CCCNC(N)=O)NC(=O)[C@@H]2CCCN2C1=O. The number of nitrogens with two attached hydrogens (primary N) is 4. The third-order valence-electron chi connectivity index (χ3n) is 9.93. The second-order valence-corrected chi connectivity index (χ2v) is 19.3. The van der Waals surface area contributed by atoms with E-state index in [9.17, 15) is 47.9 Å². The fourth-order valence-electron chi connectivity index (χ4n) is 6.73. The molecule has 0 saturated carbocycles. The Morgan fingerprint density at radius 1 is 0.800 bits per heavy atom. The highest BCUT2D eigenvalue weighted by Gasteiger charge is 2.40. The van der Waals surface area contributed by atoms with Gasteiger partial charge in [-0.05, 0) is 69.3 Å². The Morgan fingerprint density at radius 3 is 2.05 bits per heavy atom. The van der Waals surface area contributed by atoms with Gasteiger partial charge in [0.05, 0.1) is 6.54 Å². The first-order chi connectivity index (χ1) is 30.7. The zero-order valence-corrected chi connectivity index (χ0v) is 39.7. The highest BCUT2D eigenvalue weighted by Crippen LogP contribution is 2.24. The lowest BCUT2D eigenvalue weighted by Gasteiger charge is -2.31. The summed E-state index contributed by atoms with van der Waals surface area (Å²) < 4.78 is 0. The van der Waals surface area contributed by atoms with Crippen LogP contribution in [-0.2, 0) is 43.2 Å². The van der Waals surface area contributed by atoms with Crippen LogP contribution < -0.4 is 65.5 Å². The molecule has 0 unspecified atom stereocenters. The van der Waals surface area contributed by atoms with Crippen LogP contribution in [0, 0.1) is 5.92 Å². The number of nitrogens with one attached hydrogen (secondary N) is 8. The van der Waals surface area contributed by atoms with E-state index in [4.69, 9.17) is 22.9 Å². The minimum atomic E-state index is -1.28. The molecule has 0 aromatic heterocycles. The predicted octanol–water partition coefficient (Wildman–Crippen LogP) is -3.80. The van der Waals surface area contributed by atoms with E-state index in [1.807, 2.05) is 6.26 Å². The van der Waals surface area contributed by atoms with Gasteiger partial charge in [0.15, 0.2) is 5.96 Å². The Hall–Kier alpha value is -5.18. The van der Waals surface area contributed by atoms with E-state index in [0.29, 0.717) is 12.2 Å². The first kappa shape index (κ1) is 56.0. The van der Waals surface area contributed by atoms with E-state index < -0.39 is 108 Å². The first-order valence-corrected chi connectivity index (χ1v) is 25.1. The molecule has 0 spiro atoms. The minimum absolute atomic E-state index is 0.00606. The number of urea groups is 1. The molecule has 2 fully saturated rings. The summed E-state index contributed by atoms with van der Waals surface area (Å²) >= 11 is 1.43. The van der Waals surface area contributed by atoms with Gasteiger partial charge in [-0.15, -0.1) is 0 Å². The van der Waals surface area contributed by atoms with Gasteiger partial charge in [0, 0.05) is 38.1 Å². The number of carbonyl (C=O) groups is 10. The molecule has 0 aliphatic carbocycles. The molecule has 27 heteroatoms. The van der Waals surface area contributed by atoms with Crippen molar-refractivity contribution in [1.82, 2.24) is 47.4 Å². The quantitative estimate of drug-likeness (QED) is 0.0324. The summed E-state index contributed by atoms with van der Waals surface area (Å²) in [6, 6.07) is -9.09. The number of hydrogen-bond acceptors (Lipinski definition) is 14. The number of fused-ring (bicyclic) bond motifs is 1. The van der Waals surface area contributed by atoms with Crippen molar-refractivity contribution in [3.05, 3.63) is 0 Å². The van der Waals surface area contributed by atoms with Gasteiger partial charge in [-0.1, -0.05) is 35.4 Å². The second kappa shape index (κ2) is 29.4. The Balaban J connectivity index is 2.61. The standard InChI is InChI=1S/C38H66N14O10S3/c1-20(2)16-25-33(58)48-22(8-5-12-43-37(40)41)31(56)45-17-29(54)47-26(30(39)55)18-64-65-19-27(46-21(3)53)34(59)50-24(11-15-63-4)36(61)52-14-7-10-28(52)35(60)49-23(32(57)51-25)9-6-13-44-38(42)62/h20,22-28H,5-19H2,1-4H3,(H2,39,55)(H,45,56)(H,46,53)(H,47,54)(H,48,58)(H,49,60)(H,50,59)(H,51,57)(H4,40,41,43)(H3,42,44,62)/t22-,23-,24-,25-,26-,27+,28-/m0/s1. The van der Waals surface area contributed by atoms with Gasteiger partial charge in [0.25, 0.3) is 0 Å². The fourth-order valence-corrected chi connectivity index (χ4v) is 9.55. The van der Waals surface area contributed by atoms with Crippen molar-refractivity contribution in [1.29, 1.82) is 0 Å². The molecule has 16 N–H and O–H groups in total. The van der Waals surface area contributed by atoms with Crippen molar-refractivity contribution in [2.45, 2.75) is 114 Å². The summed E-state index contributed by atoms with van der Waals surface area (Å²) in [5, 5.41) is 20.8. The van der Waals surface area contributed by atoms with Crippen LogP contribution in [0.3, 0.4) is 0 Å². The normalized spacial score (nSPS) is 24.8. The fraction of sp³-hybridized carbons (Fsp3) is 0.711. The number of nitrogens with zero attached hydrogens (tertiary/aromatic N) is 2. The number of hydrogen-bond donors (Lipinski definition) is 12. The molecule has 11 amide bonds. The van der Waals surface area contributed by atoms with Crippen molar-refractivity contribution < 1.29 is 47.9 Å². The van der Waals surface area contributed by atoms with Crippen molar-refractivity contribution in [3.8, 4) is 0 Å². The number of guanidine groups is 1. The largest absolute Gasteiger partial charge is 0.370 e. The van der Waals surface area contributed by atoms with Crippen molar-refractivity contribution in [3.63, 3.8) is 0 Å². The summed E-state index contributed by atoms with van der Waals surface area (Å²) in [5.41, 5.74) is 21.7. The molecule has 2 heterocycles. The van der Waals surface area contributed by atoms with Crippen molar-refractivity contribution in [2.24, 2.45) is 33.8 Å². The molecular weight excluding hydrogens is 909 g/mol.